The SMILES string of the molecule is CC(=O)N(O)C(C)c1cc2ccccc2o1. The Hall–Kier alpha value is -1.81. The predicted octanol–water partition coefficient (Wildman–Crippen LogP) is 2.73. The number of para-hydroxylation sites is 1. The summed E-state index contributed by atoms with van der Waals surface area (Å²) in [6, 6.07) is 8.90. The molecular formula is C12H13NO3. The van der Waals surface area contributed by atoms with Crippen LogP contribution in [0.25, 0.3) is 11.0 Å². The molecule has 2 aromatic rings. The Morgan fingerprint density at radius 3 is 2.75 bits per heavy atom. The smallest absolute Gasteiger partial charge is 0.243 e. The Labute approximate surface area is 93.0 Å². The lowest BCUT2D eigenvalue weighted by molar-refractivity contribution is -0.173. The number of hydroxylamine groups is 2. The van der Waals surface area contributed by atoms with Crippen molar-refractivity contribution in [2.45, 2.75) is 19.9 Å². The molecule has 84 valence electrons. The molecule has 0 radical (unpaired) electrons. The zero-order chi connectivity index (χ0) is 11.7. The molecule has 16 heavy (non-hydrogen) atoms. The van der Waals surface area contributed by atoms with Crippen molar-refractivity contribution in [3.8, 4) is 0 Å². The number of fused-ring (bicyclic) bond motifs is 1. The van der Waals surface area contributed by atoms with Crippen LogP contribution < -0.4 is 0 Å². The van der Waals surface area contributed by atoms with Gasteiger partial charge in [0.15, 0.2) is 0 Å². The zero-order valence-corrected chi connectivity index (χ0v) is 9.18. The monoisotopic (exact) mass is 219 g/mol. The largest absolute Gasteiger partial charge is 0.459 e. The van der Waals surface area contributed by atoms with Gasteiger partial charge in [0, 0.05) is 12.3 Å². The molecule has 0 bridgehead atoms. The van der Waals surface area contributed by atoms with Crippen LogP contribution in [0.3, 0.4) is 0 Å². The molecule has 0 saturated heterocycles. The van der Waals surface area contributed by atoms with Crippen molar-refractivity contribution in [1.29, 1.82) is 0 Å². The number of hydrogen-bond acceptors (Lipinski definition) is 3. The van der Waals surface area contributed by atoms with Gasteiger partial charge in [-0.15, -0.1) is 0 Å². The molecule has 0 aliphatic heterocycles. The van der Waals surface area contributed by atoms with Crippen LogP contribution >= 0.6 is 0 Å². The fraction of sp³-hybridized carbons (Fsp3) is 0.250. The van der Waals surface area contributed by atoms with E-state index in [4.69, 9.17) is 4.42 Å². The molecule has 4 heteroatoms. The number of rotatable bonds is 2. The first-order valence-corrected chi connectivity index (χ1v) is 5.06. The Balaban J connectivity index is 2.36. The number of carbonyl (C=O) groups excluding carboxylic acids is 1. The van der Waals surface area contributed by atoms with Crippen LogP contribution in [0.15, 0.2) is 34.7 Å². The number of hydrogen-bond donors (Lipinski definition) is 1. The van der Waals surface area contributed by atoms with E-state index in [0.717, 1.165) is 11.0 Å². The van der Waals surface area contributed by atoms with Crippen LogP contribution in [0.2, 0.25) is 0 Å². The lowest BCUT2D eigenvalue weighted by Crippen LogP contribution is -2.27. The molecule has 0 saturated carbocycles. The molecule has 0 aliphatic carbocycles. The van der Waals surface area contributed by atoms with Gasteiger partial charge in [-0.1, -0.05) is 18.2 Å². The topological polar surface area (TPSA) is 53.7 Å². The van der Waals surface area contributed by atoms with E-state index >= 15 is 0 Å². The third kappa shape index (κ3) is 1.79. The molecule has 1 unspecified atom stereocenters. The van der Waals surface area contributed by atoms with Crippen molar-refractivity contribution in [3.05, 3.63) is 36.1 Å². The quantitative estimate of drug-likeness (QED) is 0.624. The fourth-order valence-electron chi connectivity index (χ4n) is 1.60. The summed E-state index contributed by atoms with van der Waals surface area (Å²) in [4.78, 5) is 11.0. The standard InChI is InChI=1S/C12H13NO3/c1-8(13(15)9(2)14)12-7-10-5-3-4-6-11(10)16-12/h3-8,15H,1-2H3. The highest BCUT2D eigenvalue weighted by molar-refractivity contribution is 5.78. The molecule has 1 atom stereocenters. The predicted molar refractivity (Wildman–Crippen MR) is 58.9 cm³/mol. The molecule has 1 N–H and O–H groups in total. The van der Waals surface area contributed by atoms with Gasteiger partial charge in [-0.2, -0.15) is 0 Å². The highest BCUT2D eigenvalue weighted by Crippen LogP contribution is 2.26. The molecular weight excluding hydrogens is 206 g/mol. The minimum atomic E-state index is -0.482. The summed E-state index contributed by atoms with van der Waals surface area (Å²) in [7, 11) is 0. The number of carbonyl (C=O) groups is 1. The van der Waals surface area contributed by atoms with Crippen LogP contribution in [0, 0.1) is 0 Å². The normalized spacial score (nSPS) is 12.7. The maximum Gasteiger partial charge on any atom is 0.243 e. The molecule has 0 spiro atoms. The van der Waals surface area contributed by atoms with Gasteiger partial charge in [-0.25, -0.2) is 5.06 Å². The third-order valence-electron chi connectivity index (χ3n) is 2.55. The fourth-order valence-corrected chi connectivity index (χ4v) is 1.60. The van der Waals surface area contributed by atoms with Gasteiger partial charge in [-0.05, 0) is 19.1 Å². The van der Waals surface area contributed by atoms with E-state index in [0.29, 0.717) is 10.8 Å². The van der Waals surface area contributed by atoms with Gasteiger partial charge in [-0.3, -0.25) is 10.0 Å². The first kappa shape index (κ1) is 10.7. The summed E-state index contributed by atoms with van der Waals surface area (Å²) in [5.74, 6) is 0.159. The maximum absolute atomic E-state index is 11.0. The third-order valence-corrected chi connectivity index (χ3v) is 2.55. The molecule has 1 aromatic heterocycles. The van der Waals surface area contributed by atoms with E-state index in [9.17, 15) is 10.0 Å². The zero-order valence-electron chi connectivity index (χ0n) is 9.18. The van der Waals surface area contributed by atoms with E-state index in [-0.39, 0.29) is 0 Å². The van der Waals surface area contributed by atoms with Gasteiger partial charge in [0.1, 0.15) is 17.4 Å². The molecule has 0 fully saturated rings. The van der Waals surface area contributed by atoms with Gasteiger partial charge >= 0.3 is 0 Å². The highest BCUT2D eigenvalue weighted by atomic mass is 16.5. The minimum absolute atomic E-state index is 0.409. The average molecular weight is 219 g/mol. The van der Waals surface area contributed by atoms with Crippen LogP contribution in [0.1, 0.15) is 25.6 Å². The van der Waals surface area contributed by atoms with Crippen molar-refractivity contribution in [1.82, 2.24) is 5.06 Å². The Kier molecular flexibility index (Phi) is 2.66. The molecule has 1 amide bonds. The van der Waals surface area contributed by atoms with Crippen molar-refractivity contribution in [3.63, 3.8) is 0 Å². The Bertz CT molecular complexity index is 485. The van der Waals surface area contributed by atoms with Crippen LogP contribution in [-0.2, 0) is 4.79 Å². The summed E-state index contributed by atoms with van der Waals surface area (Å²) in [6.07, 6.45) is 0. The summed E-state index contributed by atoms with van der Waals surface area (Å²) in [5, 5.41) is 11.1. The second-order valence-electron chi connectivity index (χ2n) is 3.73. The average Bonchev–Trinajstić information content (AvgIpc) is 2.70. The number of benzene rings is 1. The summed E-state index contributed by atoms with van der Waals surface area (Å²) >= 11 is 0. The van der Waals surface area contributed by atoms with Crippen molar-refractivity contribution in [2.24, 2.45) is 0 Å². The molecule has 1 aromatic carbocycles. The molecule has 1 heterocycles. The van der Waals surface area contributed by atoms with Crippen LogP contribution in [0.5, 0.6) is 0 Å². The van der Waals surface area contributed by atoms with Crippen LogP contribution in [-0.4, -0.2) is 16.2 Å². The van der Waals surface area contributed by atoms with E-state index in [2.05, 4.69) is 0 Å². The van der Waals surface area contributed by atoms with Crippen LogP contribution in [0.4, 0.5) is 0 Å². The van der Waals surface area contributed by atoms with Gasteiger partial charge in [0.05, 0.1) is 0 Å². The van der Waals surface area contributed by atoms with E-state index in [1.54, 1.807) is 6.92 Å². The van der Waals surface area contributed by atoms with Crippen molar-refractivity contribution in [2.75, 3.05) is 0 Å². The molecule has 0 aliphatic rings. The first-order valence-electron chi connectivity index (χ1n) is 5.06. The van der Waals surface area contributed by atoms with E-state index in [1.807, 2.05) is 30.3 Å². The number of nitrogens with zero attached hydrogens (tertiary/aromatic N) is 1. The number of amides is 1. The Morgan fingerprint density at radius 1 is 1.44 bits per heavy atom. The summed E-state index contributed by atoms with van der Waals surface area (Å²) in [6.45, 7) is 3.01. The van der Waals surface area contributed by atoms with Gasteiger partial charge in [0.25, 0.3) is 0 Å². The lowest BCUT2D eigenvalue weighted by atomic mass is 10.2. The second-order valence-corrected chi connectivity index (χ2v) is 3.73. The first-order chi connectivity index (χ1) is 7.59. The molecule has 2 rings (SSSR count). The molecule has 4 nitrogen and oxygen atoms in total. The minimum Gasteiger partial charge on any atom is -0.459 e. The van der Waals surface area contributed by atoms with E-state index in [1.165, 1.54) is 6.92 Å². The van der Waals surface area contributed by atoms with Gasteiger partial charge < -0.3 is 4.42 Å². The number of furan rings is 1. The lowest BCUT2D eigenvalue weighted by Gasteiger charge is -2.18. The Morgan fingerprint density at radius 2 is 2.12 bits per heavy atom. The summed E-state index contributed by atoms with van der Waals surface area (Å²) in [5.41, 5.74) is 0.751. The summed E-state index contributed by atoms with van der Waals surface area (Å²) < 4.78 is 5.55. The highest BCUT2D eigenvalue weighted by Gasteiger charge is 2.19. The van der Waals surface area contributed by atoms with Crippen molar-refractivity contribution >= 4 is 16.9 Å². The second kappa shape index (κ2) is 3.98. The van der Waals surface area contributed by atoms with Crippen molar-refractivity contribution < 1.29 is 14.4 Å². The van der Waals surface area contributed by atoms with Gasteiger partial charge in [0.2, 0.25) is 5.91 Å². The maximum atomic E-state index is 11.0. The van der Waals surface area contributed by atoms with E-state index < -0.39 is 11.9 Å².